The minimum Gasteiger partial charge on any atom is -0.490 e. The number of rotatable bonds is 6. The van der Waals surface area contributed by atoms with E-state index in [0.717, 1.165) is 0 Å². The van der Waals surface area contributed by atoms with Crippen LogP contribution in [-0.4, -0.2) is 96.5 Å². The fourth-order valence-electron chi connectivity index (χ4n) is 3.89. The minimum atomic E-state index is -1.29. The van der Waals surface area contributed by atoms with Crippen molar-refractivity contribution in [2.24, 2.45) is 0 Å². The normalized spacial score (nSPS) is 24.9. The topological polar surface area (TPSA) is 91.7 Å². The van der Waals surface area contributed by atoms with Crippen molar-refractivity contribution >= 4 is 6.09 Å². The second-order valence-corrected chi connectivity index (χ2v) is 8.14. The number of carbonyl (C=O) groups is 1. The lowest BCUT2D eigenvalue weighted by Gasteiger charge is -2.41. The first-order chi connectivity index (χ1) is 14.3. The molecule has 0 saturated carbocycles. The molecule has 0 aliphatic carbocycles. The average molecular weight is 426 g/mol. The van der Waals surface area contributed by atoms with Gasteiger partial charge in [-0.25, -0.2) is 9.18 Å². The van der Waals surface area contributed by atoms with Crippen LogP contribution in [0.2, 0.25) is 0 Å². The highest BCUT2D eigenvalue weighted by Gasteiger charge is 2.39. The van der Waals surface area contributed by atoms with Gasteiger partial charge in [0.2, 0.25) is 0 Å². The van der Waals surface area contributed by atoms with Gasteiger partial charge in [-0.05, 0) is 31.9 Å². The van der Waals surface area contributed by atoms with Crippen LogP contribution in [0.25, 0.3) is 0 Å². The average Bonchev–Trinajstić information content (AvgIpc) is 2.88. The summed E-state index contributed by atoms with van der Waals surface area (Å²) >= 11 is 0. The van der Waals surface area contributed by atoms with E-state index in [2.05, 4.69) is 0 Å². The fourth-order valence-corrected chi connectivity index (χ4v) is 3.89. The van der Waals surface area contributed by atoms with Gasteiger partial charge in [0, 0.05) is 38.8 Å². The predicted octanol–water partition coefficient (Wildman–Crippen LogP) is 1.25. The van der Waals surface area contributed by atoms with Gasteiger partial charge in [0.25, 0.3) is 0 Å². The molecule has 1 amide bonds. The van der Waals surface area contributed by atoms with Gasteiger partial charge in [-0.15, -0.1) is 0 Å². The third kappa shape index (κ3) is 6.28. The Kier molecular flexibility index (Phi) is 7.51. The Morgan fingerprint density at radius 3 is 2.70 bits per heavy atom. The van der Waals surface area contributed by atoms with Crippen molar-refractivity contribution < 1.29 is 33.6 Å². The van der Waals surface area contributed by atoms with E-state index in [-0.39, 0.29) is 25.9 Å². The quantitative estimate of drug-likeness (QED) is 0.707. The molecule has 2 saturated heterocycles. The first-order valence-electron chi connectivity index (χ1n) is 10.4. The van der Waals surface area contributed by atoms with E-state index in [1.165, 1.54) is 12.1 Å². The van der Waals surface area contributed by atoms with E-state index in [0.29, 0.717) is 58.0 Å². The molecule has 8 nitrogen and oxygen atoms in total. The highest BCUT2D eigenvalue weighted by Crippen LogP contribution is 2.26. The molecule has 0 unspecified atom stereocenters. The Hall–Kier alpha value is -1.94. The third-order valence-electron chi connectivity index (χ3n) is 5.48. The van der Waals surface area contributed by atoms with Crippen molar-refractivity contribution in [2.45, 2.75) is 31.0 Å². The van der Waals surface area contributed by atoms with Crippen molar-refractivity contribution in [1.29, 1.82) is 0 Å². The molecule has 0 radical (unpaired) electrons. The van der Waals surface area contributed by atoms with E-state index in [9.17, 15) is 19.4 Å². The van der Waals surface area contributed by atoms with Gasteiger partial charge in [-0.3, -0.25) is 4.90 Å². The highest BCUT2D eigenvalue weighted by molar-refractivity contribution is 5.67. The molecule has 2 aliphatic heterocycles. The molecule has 2 N–H and O–H groups in total. The van der Waals surface area contributed by atoms with Gasteiger partial charge in [0.1, 0.15) is 23.8 Å². The monoisotopic (exact) mass is 426 g/mol. The van der Waals surface area contributed by atoms with Crippen LogP contribution in [0.3, 0.4) is 0 Å². The summed E-state index contributed by atoms with van der Waals surface area (Å²) < 4.78 is 29.5. The first-order valence-corrected chi connectivity index (χ1v) is 10.4. The van der Waals surface area contributed by atoms with Crippen molar-refractivity contribution in [1.82, 2.24) is 9.80 Å². The molecule has 3 rings (SSSR count). The van der Waals surface area contributed by atoms with Crippen LogP contribution in [-0.2, 0) is 9.47 Å². The summed E-state index contributed by atoms with van der Waals surface area (Å²) in [4.78, 5) is 15.4. The summed E-state index contributed by atoms with van der Waals surface area (Å²) in [6.07, 6.45) is 0.509. The highest BCUT2D eigenvalue weighted by atomic mass is 19.1. The summed E-state index contributed by atoms with van der Waals surface area (Å²) in [5.74, 6) is -0.0706. The maximum absolute atomic E-state index is 13.3. The number of benzene rings is 1. The molecule has 1 atom stereocenters. The van der Waals surface area contributed by atoms with Crippen LogP contribution in [0.1, 0.15) is 19.8 Å². The van der Waals surface area contributed by atoms with Gasteiger partial charge < -0.3 is 29.3 Å². The van der Waals surface area contributed by atoms with Gasteiger partial charge in [-0.1, -0.05) is 6.07 Å². The van der Waals surface area contributed by atoms with Crippen molar-refractivity contribution in [3.05, 3.63) is 30.1 Å². The number of halogens is 1. The van der Waals surface area contributed by atoms with Gasteiger partial charge in [-0.2, -0.15) is 0 Å². The molecule has 9 heteroatoms. The summed E-state index contributed by atoms with van der Waals surface area (Å²) in [7, 11) is 0. The molecular weight excluding hydrogens is 395 g/mol. The Bertz CT molecular complexity index is 712. The first kappa shape index (κ1) is 22.7. The lowest BCUT2D eigenvalue weighted by atomic mass is 9.90. The number of ether oxygens (including phenoxy) is 3. The lowest BCUT2D eigenvalue weighted by Crippen LogP contribution is -2.55. The van der Waals surface area contributed by atoms with Crippen molar-refractivity contribution in [3.8, 4) is 5.75 Å². The number of carbonyl (C=O) groups excluding carboxylic acids is 1. The number of β-amino-alcohol motifs (C(OH)–C–C–N with tert-alkyl or cyclic N) is 2. The third-order valence-corrected chi connectivity index (χ3v) is 5.48. The zero-order valence-corrected chi connectivity index (χ0v) is 17.4. The van der Waals surface area contributed by atoms with Crippen LogP contribution in [0.4, 0.5) is 9.18 Å². The van der Waals surface area contributed by atoms with Crippen LogP contribution in [0.15, 0.2) is 24.3 Å². The zero-order chi connectivity index (χ0) is 21.6. The summed E-state index contributed by atoms with van der Waals surface area (Å²) in [5.41, 5.74) is -2.25. The number of likely N-dealkylation sites (tertiary alicyclic amines) is 1. The maximum Gasteiger partial charge on any atom is 0.409 e. The number of amides is 1. The lowest BCUT2D eigenvalue weighted by molar-refractivity contribution is -0.0790. The molecule has 2 heterocycles. The number of aliphatic hydroxyl groups is 2. The Morgan fingerprint density at radius 1 is 1.23 bits per heavy atom. The van der Waals surface area contributed by atoms with E-state index in [4.69, 9.17) is 14.2 Å². The molecule has 0 aromatic heterocycles. The number of hydrogen-bond donors (Lipinski definition) is 2. The molecule has 168 valence electrons. The predicted molar refractivity (Wildman–Crippen MR) is 107 cm³/mol. The van der Waals surface area contributed by atoms with E-state index >= 15 is 0 Å². The molecule has 1 aromatic rings. The van der Waals surface area contributed by atoms with Crippen LogP contribution in [0, 0.1) is 5.82 Å². The Morgan fingerprint density at radius 2 is 2.00 bits per heavy atom. The summed E-state index contributed by atoms with van der Waals surface area (Å²) in [6, 6.07) is 5.76. The smallest absolute Gasteiger partial charge is 0.409 e. The molecule has 2 fully saturated rings. The molecule has 0 bridgehead atoms. The van der Waals surface area contributed by atoms with Gasteiger partial charge in [0.15, 0.2) is 0 Å². The maximum atomic E-state index is 13.3. The van der Waals surface area contributed by atoms with E-state index < -0.39 is 17.0 Å². The van der Waals surface area contributed by atoms with Crippen molar-refractivity contribution in [2.75, 3.05) is 59.2 Å². The van der Waals surface area contributed by atoms with E-state index in [1.54, 1.807) is 24.0 Å². The standard InChI is InChI=1S/C21H31FN2O6/c1-2-29-19(25)24-8-6-20(26,7-9-24)13-23-10-11-28-15-21(27,14-23)16-30-18-5-3-4-17(22)12-18/h3-5,12,26-27H,2,6-11,13-16H2,1H3/t21-/m0/s1. The second-order valence-electron chi connectivity index (χ2n) is 8.14. The summed E-state index contributed by atoms with van der Waals surface area (Å²) in [6.45, 7) is 4.57. The molecular formula is C21H31FN2O6. The zero-order valence-electron chi connectivity index (χ0n) is 17.4. The fraction of sp³-hybridized carbons (Fsp3) is 0.667. The van der Waals surface area contributed by atoms with Crippen LogP contribution >= 0.6 is 0 Å². The number of piperidine rings is 1. The summed E-state index contributed by atoms with van der Waals surface area (Å²) in [5, 5.41) is 22.0. The van der Waals surface area contributed by atoms with Crippen molar-refractivity contribution in [3.63, 3.8) is 0 Å². The SMILES string of the molecule is CCOC(=O)N1CCC(O)(CN2CCOC[C@](O)(COc3cccc(F)c3)C2)CC1. The molecule has 2 aliphatic rings. The van der Waals surface area contributed by atoms with Gasteiger partial charge >= 0.3 is 6.09 Å². The molecule has 30 heavy (non-hydrogen) atoms. The Balaban J connectivity index is 1.55. The minimum absolute atomic E-state index is 0.0536. The second kappa shape index (κ2) is 9.91. The van der Waals surface area contributed by atoms with E-state index in [1.807, 2.05) is 4.90 Å². The van der Waals surface area contributed by atoms with Crippen LogP contribution < -0.4 is 4.74 Å². The molecule has 1 aromatic carbocycles. The van der Waals surface area contributed by atoms with Gasteiger partial charge in [0.05, 0.1) is 25.4 Å². The Labute approximate surface area is 176 Å². The van der Waals surface area contributed by atoms with Crippen LogP contribution in [0.5, 0.6) is 5.75 Å². The number of nitrogens with zero attached hydrogens (tertiary/aromatic N) is 2. The number of hydrogen-bond acceptors (Lipinski definition) is 7. The largest absolute Gasteiger partial charge is 0.490 e. The molecule has 0 spiro atoms.